The molecule has 214 valence electrons. The van der Waals surface area contributed by atoms with Gasteiger partial charge in [-0.25, -0.2) is 8.42 Å². The lowest BCUT2D eigenvalue weighted by atomic mass is 9.92. The summed E-state index contributed by atoms with van der Waals surface area (Å²) in [5.74, 6) is -2.05. The first-order valence-electron chi connectivity index (χ1n) is 13.6. The van der Waals surface area contributed by atoms with Gasteiger partial charge < -0.3 is 5.11 Å². The number of unbranched alkanes of at least 4 members (excludes halogenated alkanes) is 3. The summed E-state index contributed by atoms with van der Waals surface area (Å²) in [5.41, 5.74) is 2.55. The first-order chi connectivity index (χ1) is 19.0. The average Bonchev–Trinajstić information content (AvgIpc) is 3.24. The lowest BCUT2D eigenvalue weighted by Gasteiger charge is -2.31. The van der Waals surface area contributed by atoms with Crippen LogP contribution in [0.2, 0.25) is 10.0 Å². The summed E-state index contributed by atoms with van der Waals surface area (Å²) in [4.78, 5) is 14.1. The maximum absolute atomic E-state index is 14.5. The van der Waals surface area contributed by atoms with E-state index < -0.39 is 39.2 Å². The molecular formula is C31H35Cl2NO4S2. The number of carboxylic acid groups (broad SMARTS) is 1. The van der Waals surface area contributed by atoms with Crippen LogP contribution in [0.25, 0.3) is 0 Å². The Bertz CT molecular complexity index is 1430. The first kappa shape index (κ1) is 30.9. The predicted octanol–water partition coefficient (Wildman–Crippen LogP) is 8.56. The number of carbonyl (C=O) groups is 1. The second kappa shape index (κ2) is 13.3. The van der Waals surface area contributed by atoms with E-state index in [-0.39, 0.29) is 9.92 Å². The van der Waals surface area contributed by atoms with E-state index in [0.29, 0.717) is 17.0 Å². The highest BCUT2D eigenvalue weighted by molar-refractivity contribution is 8.00. The van der Waals surface area contributed by atoms with Crippen LogP contribution in [-0.4, -0.2) is 35.1 Å². The summed E-state index contributed by atoms with van der Waals surface area (Å²) in [7, 11) is -4.09. The van der Waals surface area contributed by atoms with Gasteiger partial charge in [-0.05, 0) is 62.2 Å². The Balaban J connectivity index is 1.91. The number of thioether (sulfide) groups is 1. The molecule has 1 aliphatic rings. The highest BCUT2D eigenvalue weighted by Gasteiger charge is 2.57. The molecule has 0 bridgehead atoms. The number of carboxylic acids is 1. The molecule has 1 fully saturated rings. The minimum absolute atomic E-state index is 0.145. The molecule has 0 radical (unpaired) electrons. The van der Waals surface area contributed by atoms with Gasteiger partial charge in [0.05, 0.1) is 26.9 Å². The first-order valence-corrected chi connectivity index (χ1v) is 16.6. The third-order valence-corrected chi connectivity index (χ3v) is 11.6. The van der Waals surface area contributed by atoms with Crippen LogP contribution in [0.15, 0.2) is 76.5 Å². The monoisotopic (exact) mass is 619 g/mol. The zero-order valence-corrected chi connectivity index (χ0v) is 26.0. The summed E-state index contributed by atoms with van der Waals surface area (Å²) < 4.78 is 30.4. The molecule has 1 aliphatic heterocycles. The van der Waals surface area contributed by atoms with E-state index >= 15 is 0 Å². The van der Waals surface area contributed by atoms with Gasteiger partial charge in [0.1, 0.15) is 0 Å². The smallest absolute Gasteiger partial charge is 0.309 e. The average molecular weight is 621 g/mol. The number of hydrogen-bond acceptors (Lipinski definition) is 4. The summed E-state index contributed by atoms with van der Waals surface area (Å²) in [6.07, 6.45) is 4.37. The van der Waals surface area contributed by atoms with Crippen LogP contribution in [0.5, 0.6) is 0 Å². The molecule has 9 heteroatoms. The molecule has 0 saturated carbocycles. The number of halogens is 2. The number of hydrogen-bond donors (Lipinski definition) is 1. The molecule has 3 aromatic rings. The Labute approximate surface area is 251 Å². The maximum atomic E-state index is 14.5. The zero-order chi connectivity index (χ0) is 29.0. The summed E-state index contributed by atoms with van der Waals surface area (Å²) in [6, 6.07) is 18.0. The molecule has 1 saturated heterocycles. The van der Waals surface area contributed by atoms with E-state index in [4.69, 9.17) is 23.2 Å². The van der Waals surface area contributed by atoms with Crippen molar-refractivity contribution in [3.05, 3.63) is 93.5 Å². The van der Waals surface area contributed by atoms with Crippen LogP contribution in [-0.2, 0) is 14.8 Å². The zero-order valence-electron chi connectivity index (χ0n) is 22.9. The van der Waals surface area contributed by atoms with Crippen molar-refractivity contribution in [3.63, 3.8) is 0 Å². The van der Waals surface area contributed by atoms with Crippen LogP contribution >= 0.6 is 35.0 Å². The SMILES string of the molecule is CCCCCCC1[C@@H](Sc2ccc(C)cc2)[C@@H](C(=O)O)C(c2ccc(Cl)c(Cl)c2)N1S(=O)(=O)c1ccc(C)cc1. The van der Waals surface area contributed by atoms with E-state index in [1.165, 1.54) is 16.1 Å². The molecule has 0 aromatic heterocycles. The molecular weight excluding hydrogens is 585 g/mol. The molecule has 0 spiro atoms. The largest absolute Gasteiger partial charge is 0.481 e. The summed E-state index contributed by atoms with van der Waals surface area (Å²) in [6.45, 7) is 6.02. The fourth-order valence-electron chi connectivity index (χ4n) is 5.41. The van der Waals surface area contributed by atoms with Crippen molar-refractivity contribution in [2.75, 3.05) is 0 Å². The van der Waals surface area contributed by atoms with Gasteiger partial charge in [-0.15, -0.1) is 11.8 Å². The van der Waals surface area contributed by atoms with Gasteiger partial charge in [-0.3, -0.25) is 4.79 Å². The Morgan fingerprint density at radius 2 is 1.52 bits per heavy atom. The van der Waals surface area contributed by atoms with Crippen LogP contribution < -0.4 is 0 Å². The van der Waals surface area contributed by atoms with Gasteiger partial charge >= 0.3 is 5.97 Å². The molecule has 3 aromatic carbocycles. The van der Waals surface area contributed by atoms with Crippen molar-refractivity contribution < 1.29 is 18.3 Å². The molecule has 4 atom stereocenters. The van der Waals surface area contributed by atoms with Crippen LogP contribution in [0.4, 0.5) is 0 Å². The molecule has 4 rings (SSSR count). The molecule has 2 unspecified atom stereocenters. The van der Waals surface area contributed by atoms with E-state index in [9.17, 15) is 18.3 Å². The van der Waals surface area contributed by atoms with Crippen LogP contribution in [0, 0.1) is 19.8 Å². The van der Waals surface area contributed by atoms with E-state index in [1.54, 1.807) is 42.5 Å². The summed E-state index contributed by atoms with van der Waals surface area (Å²) in [5, 5.41) is 10.7. The van der Waals surface area contributed by atoms with Gasteiger partial charge in [0.2, 0.25) is 10.0 Å². The second-order valence-electron chi connectivity index (χ2n) is 10.4. The molecule has 40 heavy (non-hydrogen) atoms. The highest BCUT2D eigenvalue weighted by Crippen LogP contribution is 2.52. The molecule has 1 N–H and O–H groups in total. The molecule has 0 amide bonds. The van der Waals surface area contributed by atoms with Crippen molar-refractivity contribution >= 4 is 51.0 Å². The number of aliphatic carboxylic acids is 1. The topological polar surface area (TPSA) is 74.7 Å². The second-order valence-corrected chi connectivity index (χ2v) is 14.4. The minimum atomic E-state index is -4.09. The molecule has 1 heterocycles. The van der Waals surface area contributed by atoms with Gasteiger partial charge in [-0.1, -0.05) is 97.3 Å². The molecule has 5 nitrogen and oxygen atoms in total. The van der Waals surface area contributed by atoms with Gasteiger partial charge in [0, 0.05) is 16.2 Å². The van der Waals surface area contributed by atoms with Gasteiger partial charge in [0.25, 0.3) is 0 Å². The minimum Gasteiger partial charge on any atom is -0.481 e. The van der Waals surface area contributed by atoms with Crippen LogP contribution in [0.3, 0.4) is 0 Å². The Hall–Kier alpha value is -2.03. The molecule has 0 aliphatic carbocycles. The van der Waals surface area contributed by atoms with E-state index in [2.05, 4.69) is 6.92 Å². The lowest BCUT2D eigenvalue weighted by molar-refractivity contribution is -0.142. The van der Waals surface area contributed by atoms with Crippen molar-refractivity contribution in [1.29, 1.82) is 0 Å². The third kappa shape index (κ3) is 6.71. The number of sulfonamides is 1. The Kier molecular flexibility index (Phi) is 10.3. The van der Waals surface area contributed by atoms with Crippen molar-refractivity contribution in [2.24, 2.45) is 5.92 Å². The predicted molar refractivity (Wildman–Crippen MR) is 164 cm³/mol. The summed E-state index contributed by atoms with van der Waals surface area (Å²) >= 11 is 14.1. The number of aryl methyl sites for hydroxylation is 2. The number of nitrogens with zero attached hydrogens (tertiary/aromatic N) is 1. The van der Waals surface area contributed by atoms with E-state index in [1.807, 2.05) is 38.1 Å². The fraction of sp³-hybridized carbons (Fsp3) is 0.387. The quantitative estimate of drug-likeness (QED) is 0.218. The number of benzene rings is 3. The van der Waals surface area contributed by atoms with Crippen molar-refractivity contribution in [1.82, 2.24) is 4.31 Å². The number of rotatable bonds is 11. The lowest BCUT2D eigenvalue weighted by Crippen LogP contribution is -2.40. The third-order valence-electron chi connectivity index (χ3n) is 7.49. The highest BCUT2D eigenvalue weighted by atomic mass is 35.5. The van der Waals surface area contributed by atoms with Crippen molar-refractivity contribution in [2.45, 2.75) is 80.0 Å². The van der Waals surface area contributed by atoms with Gasteiger partial charge in [0.15, 0.2) is 0 Å². The van der Waals surface area contributed by atoms with Crippen LogP contribution in [0.1, 0.15) is 61.8 Å². The van der Waals surface area contributed by atoms with Crippen molar-refractivity contribution in [3.8, 4) is 0 Å². The standard InChI is InChI=1S/C31H35Cl2NO4S2/c1-4-5-6-7-8-27-30(39-23-14-9-20(2)10-15-23)28(31(35)36)29(22-13-18-25(32)26(33)19-22)34(27)40(37,38)24-16-11-21(3)12-17-24/h9-19,27-30H,4-8H2,1-3H3,(H,35,36)/t27?,28-,29?,30+/m0/s1. The Morgan fingerprint density at radius 3 is 2.10 bits per heavy atom. The fourth-order valence-corrected chi connectivity index (χ4v) is 9.11. The normalized spacial score (nSPS) is 21.5. The Morgan fingerprint density at radius 1 is 0.900 bits per heavy atom. The van der Waals surface area contributed by atoms with Gasteiger partial charge in [-0.2, -0.15) is 4.31 Å². The van der Waals surface area contributed by atoms with E-state index in [0.717, 1.165) is 41.7 Å². The maximum Gasteiger partial charge on any atom is 0.309 e.